The third kappa shape index (κ3) is 19.5. The van der Waals surface area contributed by atoms with E-state index in [4.69, 9.17) is 48.7 Å². The summed E-state index contributed by atoms with van der Waals surface area (Å²) in [5.74, 6) is -2.18. The van der Waals surface area contributed by atoms with Crippen LogP contribution in [0.1, 0.15) is 101 Å². The van der Waals surface area contributed by atoms with Gasteiger partial charge in [-0.3, -0.25) is 29.4 Å². The number of piperidine rings is 1. The molecule has 6 atom stereocenters. The molecule has 23 nitrogen and oxygen atoms in total. The van der Waals surface area contributed by atoms with Crippen molar-refractivity contribution < 1.29 is 82.0 Å². The van der Waals surface area contributed by atoms with Crippen LogP contribution in [0, 0.1) is 30.7 Å². The first-order valence-electron chi connectivity index (χ1n) is 31.7. The number of carbonyl (C=O) groups is 4. The van der Waals surface area contributed by atoms with Gasteiger partial charge in [-0.05, 0) is 91.0 Å². The first-order valence-corrected chi connectivity index (χ1v) is 32.1. The number of rotatable bonds is 14. The van der Waals surface area contributed by atoms with Gasteiger partial charge in [-0.1, -0.05) is 13.2 Å². The lowest BCUT2D eigenvalue weighted by molar-refractivity contribution is -0.140. The number of hydrogen-bond donors (Lipinski definition) is 0. The van der Waals surface area contributed by atoms with Crippen molar-refractivity contribution in [1.82, 2.24) is 44.6 Å². The highest BCUT2D eigenvalue weighted by atomic mass is 35.5. The molecule has 0 N–H and O–H groups in total. The number of anilines is 4. The Bertz CT molecular complexity index is 3700. The van der Waals surface area contributed by atoms with Gasteiger partial charge in [0.2, 0.25) is 24.2 Å². The number of piperazine rings is 1. The number of alkyl halides is 8. The summed E-state index contributed by atoms with van der Waals surface area (Å²) in [6.07, 6.45) is -6.45. The van der Waals surface area contributed by atoms with E-state index in [1.807, 2.05) is 9.80 Å². The Hall–Kier alpha value is -9.01. The molecule has 4 aromatic heterocycles. The Morgan fingerprint density at radius 2 is 1.04 bits per heavy atom. The Balaban J connectivity index is 0.000000237. The van der Waals surface area contributed by atoms with Crippen molar-refractivity contribution in [2.75, 3.05) is 105 Å². The number of pyridine rings is 2. The van der Waals surface area contributed by atoms with Crippen LogP contribution >= 0.6 is 11.6 Å². The van der Waals surface area contributed by atoms with Crippen molar-refractivity contribution in [1.29, 1.82) is 0 Å². The van der Waals surface area contributed by atoms with Crippen LogP contribution in [0.15, 0.2) is 50.1 Å². The van der Waals surface area contributed by atoms with Crippen LogP contribution in [-0.2, 0) is 57.3 Å². The standard InChI is InChI=1S/C32H37F5N8O4.C30H36F5N7O3.C3H3ClO/c1-6-26(46)44-10-9-43(16-21(44)12-38-5)28-22-7-8-42(25-14-39-13-23(34)27(25)32(35,36)37)17-24(22)40-29(41-28)48-18-20-11-19(33)15-45(20)30(47)49-31(2,3)4;1-29(2,3)45-28(43)42-15-19(31)10-20(42)17-44-27-38-23-16-40(24-13-37-12-22(32)25(24)30(33,34)35)9-7-21(23)26(39-27)41-8-5-6-18(14-41)11-36-4;1-2-3(4)5/h6,13-14,19-21H,1,7-12,15-18H2,2-4H3;12-13,18-20H,5-11,14-17H2,1-3H3;2H,1H2/t19-,20+,21+;18-,19+,20-;/m10./s1. The molecule has 0 aliphatic carbocycles. The smallest absolute Gasteiger partial charge is 0.421 e. The predicted octanol–water partition coefficient (Wildman–Crippen LogP) is 10.8. The Morgan fingerprint density at radius 1 is 0.596 bits per heavy atom. The fraction of sp³-hybridized carbons (Fsp3) is 0.569. The molecule has 536 valence electrons. The van der Waals surface area contributed by atoms with Crippen LogP contribution in [0.25, 0.3) is 9.69 Å². The first-order chi connectivity index (χ1) is 46.6. The van der Waals surface area contributed by atoms with Gasteiger partial charge in [0, 0.05) is 75.7 Å². The molecule has 4 saturated heterocycles. The zero-order valence-electron chi connectivity index (χ0n) is 55.3. The highest BCUT2D eigenvalue weighted by Crippen LogP contribution is 2.43. The SMILES string of the molecule is C=CC(=O)Cl.[C-]#[N+]C[C@@H]1CCCN(c2nc(OC[C@@H]3C[C@@H](F)CN3C(=O)OC(C)(C)C)nc3c2CCN(c2cncc(F)c2C(F)(F)F)C3)C1.[C-]#[N+]C[C@H]1CN(c2nc(OC[C@@H]3C[C@@H](F)CN3C(=O)OC(C)(C)C)nc3c2CCN(c2cncc(F)c2C(F)(F)F)C3)CCN1C(=O)C=C. The van der Waals surface area contributed by atoms with Crippen LogP contribution in [0.2, 0.25) is 0 Å². The minimum absolute atomic E-state index is 0.0137. The number of ether oxygens (including phenoxy) is 4. The van der Waals surface area contributed by atoms with E-state index < -0.39 is 99.9 Å². The lowest BCUT2D eigenvalue weighted by atomic mass is 9.96. The van der Waals surface area contributed by atoms with Gasteiger partial charge in [-0.25, -0.2) is 40.3 Å². The number of likely N-dealkylation sites (tertiary alicyclic amines) is 2. The van der Waals surface area contributed by atoms with Gasteiger partial charge in [0.05, 0.1) is 85.8 Å². The van der Waals surface area contributed by atoms with E-state index in [2.05, 4.69) is 47.8 Å². The maximum Gasteiger partial charge on any atom is 0.421 e. The van der Waals surface area contributed by atoms with E-state index in [0.29, 0.717) is 67.2 Å². The Labute approximate surface area is 570 Å². The average Bonchev–Trinajstić information content (AvgIpc) is 1.36. The van der Waals surface area contributed by atoms with E-state index >= 15 is 0 Å². The maximum absolute atomic E-state index is 14.5. The largest absolute Gasteiger partial charge is 0.461 e. The fourth-order valence-electron chi connectivity index (χ4n) is 12.4. The summed E-state index contributed by atoms with van der Waals surface area (Å²) in [5.41, 5.74) is -3.18. The molecular weight excluding hydrogens is 1340 g/mol. The van der Waals surface area contributed by atoms with Crippen molar-refractivity contribution in [3.63, 3.8) is 0 Å². The number of halogens is 11. The monoisotopic (exact) mass is 1420 g/mol. The first kappa shape index (κ1) is 75.8. The molecule has 0 saturated carbocycles. The highest BCUT2D eigenvalue weighted by molar-refractivity contribution is 6.66. The van der Waals surface area contributed by atoms with Crippen molar-refractivity contribution in [2.24, 2.45) is 5.92 Å². The molecule has 0 bridgehead atoms. The average molecular weight is 1420 g/mol. The second kappa shape index (κ2) is 31.9. The van der Waals surface area contributed by atoms with Gasteiger partial charge >= 0.3 is 36.6 Å². The molecule has 6 aliphatic heterocycles. The van der Waals surface area contributed by atoms with E-state index in [1.165, 1.54) is 25.7 Å². The third-order valence-corrected chi connectivity index (χ3v) is 16.9. The van der Waals surface area contributed by atoms with Gasteiger partial charge in [0.1, 0.15) is 65.6 Å². The van der Waals surface area contributed by atoms with Crippen LogP contribution < -0.4 is 29.1 Å². The van der Waals surface area contributed by atoms with Crippen molar-refractivity contribution in [2.45, 2.75) is 147 Å². The number of allylic oxidation sites excluding steroid dienone is 1. The van der Waals surface area contributed by atoms with E-state index in [0.717, 1.165) is 36.9 Å². The number of aromatic nitrogens is 6. The van der Waals surface area contributed by atoms with E-state index in [-0.39, 0.29) is 127 Å². The lowest BCUT2D eigenvalue weighted by Gasteiger charge is -2.41. The van der Waals surface area contributed by atoms with Crippen LogP contribution in [-0.4, -0.2) is 195 Å². The summed E-state index contributed by atoms with van der Waals surface area (Å²) >= 11 is 4.71. The van der Waals surface area contributed by atoms with Crippen LogP contribution in [0.5, 0.6) is 12.0 Å². The third-order valence-electron chi connectivity index (χ3n) is 16.7. The normalized spacial score (nSPS) is 20.9. The molecule has 4 aromatic rings. The van der Waals surface area contributed by atoms with Crippen molar-refractivity contribution >= 4 is 57.9 Å². The quantitative estimate of drug-likeness (QED) is 0.0497. The number of amides is 3. The fourth-order valence-corrected chi connectivity index (χ4v) is 12.4. The summed E-state index contributed by atoms with van der Waals surface area (Å²) in [6.45, 7) is 33.2. The lowest BCUT2D eigenvalue weighted by Crippen LogP contribution is -2.56. The van der Waals surface area contributed by atoms with E-state index in [9.17, 15) is 63.1 Å². The molecule has 10 heterocycles. The molecule has 4 fully saturated rings. The zero-order chi connectivity index (χ0) is 72.5. The number of nitrogens with zero attached hydrogens (tertiary/aromatic N) is 15. The molecule has 0 unspecified atom stereocenters. The molecule has 34 heteroatoms. The van der Waals surface area contributed by atoms with Gasteiger partial charge in [0.15, 0.2) is 11.6 Å². The summed E-state index contributed by atoms with van der Waals surface area (Å²) in [7, 11) is 0. The minimum atomic E-state index is -4.98. The second-order valence-corrected chi connectivity index (χ2v) is 26.6. The van der Waals surface area contributed by atoms with Gasteiger partial charge in [-0.2, -0.15) is 46.3 Å². The van der Waals surface area contributed by atoms with Gasteiger partial charge in [0.25, 0.3) is 0 Å². The summed E-state index contributed by atoms with van der Waals surface area (Å²) in [6, 6.07) is -2.10. The number of carbonyl (C=O) groups excluding carboxylic acids is 4. The van der Waals surface area contributed by atoms with Crippen LogP contribution in [0.4, 0.5) is 76.5 Å². The Kier molecular flexibility index (Phi) is 24.4. The van der Waals surface area contributed by atoms with Crippen molar-refractivity contribution in [3.05, 3.63) is 118 Å². The summed E-state index contributed by atoms with van der Waals surface area (Å²) < 4.78 is 164. The molecule has 0 spiro atoms. The van der Waals surface area contributed by atoms with Gasteiger partial charge < -0.3 is 53.1 Å². The predicted molar refractivity (Wildman–Crippen MR) is 342 cm³/mol. The second-order valence-electron chi connectivity index (χ2n) is 26.2. The molecule has 10 rings (SSSR count). The summed E-state index contributed by atoms with van der Waals surface area (Å²) in [4.78, 5) is 91.1. The summed E-state index contributed by atoms with van der Waals surface area (Å²) in [5, 5.41) is -0.509. The van der Waals surface area contributed by atoms with E-state index in [1.54, 1.807) is 46.4 Å². The zero-order valence-corrected chi connectivity index (χ0v) is 56.1. The molecule has 0 aromatic carbocycles. The minimum Gasteiger partial charge on any atom is -0.461 e. The van der Waals surface area contributed by atoms with Crippen LogP contribution in [0.3, 0.4) is 0 Å². The molecule has 99 heavy (non-hydrogen) atoms. The maximum atomic E-state index is 14.5. The highest BCUT2D eigenvalue weighted by Gasteiger charge is 2.45. The molecule has 6 aliphatic rings. The number of hydrogen-bond acceptors (Lipinski definition) is 18. The molecule has 0 radical (unpaired) electrons. The van der Waals surface area contributed by atoms with Crippen molar-refractivity contribution in [3.8, 4) is 12.0 Å². The molecule has 3 amide bonds. The molecular formula is C65H76ClF10N15O8. The Morgan fingerprint density at radius 3 is 1.44 bits per heavy atom. The number of fused-ring (bicyclic) bond motifs is 2. The topological polar surface area (TPSA) is 214 Å². The van der Waals surface area contributed by atoms with Gasteiger partial charge in [-0.15, -0.1) is 0 Å².